The zero-order valence-electron chi connectivity index (χ0n) is 22.0. The van der Waals surface area contributed by atoms with Crippen molar-refractivity contribution in [3.63, 3.8) is 0 Å². The Kier molecular flexibility index (Phi) is 9.79. The van der Waals surface area contributed by atoms with Gasteiger partial charge in [0.1, 0.15) is 6.04 Å². The van der Waals surface area contributed by atoms with Crippen LogP contribution in [0.15, 0.2) is 48.5 Å². The van der Waals surface area contributed by atoms with E-state index in [4.69, 9.17) is 9.47 Å². The molecule has 0 radical (unpaired) electrons. The molecule has 0 aromatic heterocycles. The van der Waals surface area contributed by atoms with Crippen molar-refractivity contribution in [2.75, 3.05) is 30.4 Å². The standard InChI is InChI=1S/C27H37N3O6S/c1-5-20(2)28-27(32)21(3)29(17-15-22-10-7-6-8-11-22)26(31)12-9-16-30(37(4,33)34)23-13-14-24-25(18-23)36-19-35-24/h6-8,10-11,13-14,18,20-21H,5,9,12,15-17,19H2,1-4H3,(H,28,32)/t20-,21-/m0/s1. The van der Waals surface area contributed by atoms with Crippen LogP contribution in [0.5, 0.6) is 11.5 Å². The molecule has 3 rings (SSSR count). The van der Waals surface area contributed by atoms with Gasteiger partial charge in [-0.25, -0.2) is 8.42 Å². The van der Waals surface area contributed by atoms with E-state index < -0.39 is 16.1 Å². The molecule has 2 atom stereocenters. The van der Waals surface area contributed by atoms with Gasteiger partial charge in [0.05, 0.1) is 11.9 Å². The van der Waals surface area contributed by atoms with Crippen molar-refractivity contribution in [3.8, 4) is 11.5 Å². The van der Waals surface area contributed by atoms with Crippen LogP contribution in [0.3, 0.4) is 0 Å². The number of hydrogen-bond acceptors (Lipinski definition) is 6. The molecule has 1 heterocycles. The van der Waals surface area contributed by atoms with Crippen LogP contribution in [0.1, 0.15) is 45.6 Å². The van der Waals surface area contributed by atoms with Gasteiger partial charge in [-0.05, 0) is 50.8 Å². The average Bonchev–Trinajstić information content (AvgIpc) is 3.34. The van der Waals surface area contributed by atoms with Gasteiger partial charge < -0.3 is 19.7 Å². The van der Waals surface area contributed by atoms with Crippen LogP contribution in [0.4, 0.5) is 5.69 Å². The number of amides is 2. The fraction of sp³-hybridized carbons (Fsp3) is 0.481. The normalized spacial score (nSPS) is 14.1. The molecule has 0 unspecified atom stereocenters. The van der Waals surface area contributed by atoms with Crippen LogP contribution in [0.25, 0.3) is 0 Å². The summed E-state index contributed by atoms with van der Waals surface area (Å²) in [6.07, 6.45) is 2.93. The van der Waals surface area contributed by atoms with Gasteiger partial charge in [-0.15, -0.1) is 0 Å². The van der Waals surface area contributed by atoms with Crippen LogP contribution in [0.2, 0.25) is 0 Å². The maximum Gasteiger partial charge on any atom is 0.242 e. The lowest BCUT2D eigenvalue weighted by Crippen LogP contribution is -2.50. The van der Waals surface area contributed by atoms with E-state index in [1.165, 1.54) is 4.31 Å². The summed E-state index contributed by atoms with van der Waals surface area (Å²) in [5, 5.41) is 2.96. The predicted octanol–water partition coefficient (Wildman–Crippen LogP) is 3.34. The summed E-state index contributed by atoms with van der Waals surface area (Å²) in [5.74, 6) is 0.650. The van der Waals surface area contributed by atoms with Crippen molar-refractivity contribution in [1.82, 2.24) is 10.2 Å². The molecule has 0 fully saturated rings. The summed E-state index contributed by atoms with van der Waals surface area (Å²) < 4.78 is 37.0. The van der Waals surface area contributed by atoms with Crippen molar-refractivity contribution in [3.05, 3.63) is 54.1 Å². The Morgan fingerprint density at radius 1 is 1.03 bits per heavy atom. The fourth-order valence-electron chi connectivity index (χ4n) is 4.08. The third-order valence-corrected chi connectivity index (χ3v) is 7.64. The predicted molar refractivity (Wildman–Crippen MR) is 143 cm³/mol. The van der Waals surface area contributed by atoms with Gasteiger partial charge in [-0.1, -0.05) is 37.3 Å². The van der Waals surface area contributed by atoms with E-state index >= 15 is 0 Å². The Morgan fingerprint density at radius 2 is 1.73 bits per heavy atom. The molecule has 9 nitrogen and oxygen atoms in total. The summed E-state index contributed by atoms with van der Waals surface area (Å²) in [5.41, 5.74) is 1.52. The number of rotatable bonds is 13. The van der Waals surface area contributed by atoms with Crippen molar-refractivity contribution in [2.45, 2.75) is 58.5 Å². The van der Waals surface area contributed by atoms with E-state index in [0.29, 0.717) is 36.6 Å². The van der Waals surface area contributed by atoms with Gasteiger partial charge in [0.2, 0.25) is 28.6 Å². The highest BCUT2D eigenvalue weighted by Crippen LogP contribution is 2.36. The second-order valence-corrected chi connectivity index (χ2v) is 11.2. The molecular formula is C27H37N3O6S. The molecule has 2 aromatic rings. The summed E-state index contributed by atoms with van der Waals surface area (Å²) in [4.78, 5) is 27.8. The molecule has 202 valence electrons. The highest BCUT2D eigenvalue weighted by Gasteiger charge is 2.27. The van der Waals surface area contributed by atoms with Crippen LogP contribution < -0.4 is 19.1 Å². The lowest BCUT2D eigenvalue weighted by Gasteiger charge is -2.30. The van der Waals surface area contributed by atoms with E-state index in [9.17, 15) is 18.0 Å². The lowest BCUT2D eigenvalue weighted by molar-refractivity contribution is -0.140. The summed E-state index contributed by atoms with van der Waals surface area (Å²) in [6, 6.07) is 14.1. The number of benzene rings is 2. The Morgan fingerprint density at radius 3 is 2.41 bits per heavy atom. The van der Waals surface area contributed by atoms with Crippen LogP contribution >= 0.6 is 0 Å². The van der Waals surface area contributed by atoms with Crippen molar-refractivity contribution in [2.24, 2.45) is 0 Å². The number of anilines is 1. The summed E-state index contributed by atoms with van der Waals surface area (Å²) in [7, 11) is -3.60. The topological polar surface area (TPSA) is 105 Å². The first-order valence-electron chi connectivity index (χ1n) is 12.6. The Bertz CT molecular complexity index is 1170. The largest absolute Gasteiger partial charge is 0.454 e. The Labute approximate surface area is 219 Å². The first kappa shape index (κ1) is 28.3. The molecule has 1 aliphatic rings. The van der Waals surface area contributed by atoms with Gasteiger partial charge in [-0.2, -0.15) is 0 Å². The monoisotopic (exact) mass is 531 g/mol. The zero-order chi connectivity index (χ0) is 27.0. The number of nitrogens with zero attached hydrogens (tertiary/aromatic N) is 2. The molecule has 0 bridgehead atoms. The maximum atomic E-state index is 13.3. The first-order chi connectivity index (χ1) is 17.6. The zero-order valence-corrected chi connectivity index (χ0v) is 22.8. The summed E-state index contributed by atoms with van der Waals surface area (Å²) >= 11 is 0. The van der Waals surface area contributed by atoms with Crippen molar-refractivity contribution < 1.29 is 27.5 Å². The molecule has 1 aliphatic heterocycles. The van der Waals surface area contributed by atoms with E-state index in [1.54, 1.807) is 30.0 Å². The number of fused-ring (bicyclic) bond motifs is 1. The van der Waals surface area contributed by atoms with Crippen LogP contribution in [0, 0.1) is 0 Å². The molecule has 37 heavy (non-hydrogen) atoms. The number of carbonyl (C=O) groups excluding carboxylic acids is 2. The SMILES string of the molecule is CC[C@H](C)NC(=O)[C@H](C)N(CCc1ccccc1)C(=O)CCCN(c1ccc2c(c1)OCO2)S(C)(=O)=O. The number of ether oxygens (including phenoxy) is 2. The highest BCUT2D eigenvalue weighted by atomic mass is 32.2. The molecular weight excluding hydrogens is 494 g/mol. The second kappa shape index (κ2) is 12.8. The quantitative estimate of drug-likeness (QED) is 0.425. The van der Waals surface area contributed by atoms with Gasteiger partial charge >= 0.3 is 0 Å². The number of nitrogens with one attached hydrogen (secondary N) is 1. The maximum absolute atomic E-state index is 13.3. The molecule has 2 aromatic carbocycles. The minimum absolute atomic E-state index is 0.00560. The minimum atomic E-state index is -3.60. The number of carbonyl (C=O) groups is 2. The smallest absolute Gasteiger partial charge is 0.242 e. The highest BCUT2D eigenvalue weighted by molar-refractivity contribution is 7.92. The van der Waals surface area contributed by atoms with Gasteiger partial charge in [-0.3, -0.25) is 13.9 Å². The molecule has 0 saturated carbocycles. The van der Waals surface area contributed by atoms with E-state index in [2.05, 4.69) is 5.32 Å². The van der Waals surface area contributed by atoms with Crippen molar-refractivity contribution >= 4 is 27.5 Å². The molecule has 0 spiro atoms. The van der Waals surface area contributed by atoms with E-state index in [-0.39, 0.29) is 37.6 Å². The Hall–Kier alpha value is -3.27. The van der Waals surface area contributed by atoms with Crippen LogP contribution in [-0.2, 0) is 26.0 Å². The third-order valence-electron chi connectivity index (χ3n) is 6.45. The van der Waals surface area contributed by atoms with Crippen LogP contribution in [-0.4, -0.2) is 63.4 Å². The molecule has 0 saturated heterocycles. The van der Waals surface area contributed by atoms with E-state index in [0.717, 1.165) is 18.2 Å². The Balaban J connectivity index is 1.69. The lowest BCUT2D eigenvalue weighted by atomic mass is 10.1. The molecule has 10 heteroatoms. The molecule has 1 N–H and O–H groups in total. The second-order valence-electron chi connectivity index (χ2n) is 9.29. The molecule has 2 amide bonds. The van der Waals surface area contributed by atoms with Gasteiger partial charge in [0.15, 0.2) is 11.5 Å². The number of hydrogen-bond donors (Lipinski definition) is 1. The van der Waals surface area contributed by atoms with Crippen molar-refractivity contribution in [1.29, 1.82) is 0 Å². The van der Waals surface area contributed by atoms with E-state index in [1.807, 2.05) is 44.2 Å². The minimum Gasteiger partial charge on any atom is -0.454 e. The average molecular weight is 532 g/mol. The first-order valence-corrected chi connectivity index (χ1v) is 14.5. The fourth-order valence-corrected chi connectivity index (χ4v) is 5.04. The summed E-state index contributed by atoms with van der Waals surface area (Å²) in [6.45, 7) is 6.24. The van der Waals surface area contributed by atoms with Gasteiger partial charge in [0.25, 0.3) is 0 Å². The third kappa shape index (κ3) is 7.85. The number of sulfonamides is 1. The molecule has 0 aliphatic carbocycles. The van der Waals surface area contributed by atoms with Gasteiger partial charge in [0, 0.05) is 31.6 Å².